The smallest absolute Gasteiger partial charge is 0.398 e. The fourth-order valence-corrected chi connectivity index (χ4v) is 1.64. The van der Waals surface area contributed by atoms with Crippen molar-refractivity contribution in [2.75, 3.05) is 0 Å². The number of nitrogens with zero attached hydrogens (tertiary/aromatic N) is 2. The van der Waals surface area contributed by atoms with Crippen molar-refractivity contribution < 1.29 is 9.31 Å². The van der Waals surface area contributed by atoms with E-state index in [4.69, 9.17) is 9.31 Å². The van der Waals surface area contributed by atoms with Crippen LogP contribution in [0, 0.1) is 0 Å². The third-order valence-corrected chi connectivity index (χ3v) is 3.51. The van der Waals surface area contributed by atoms with Crippen molar-refractivity contribution in [1.82, 2.24) is 9.55 Å². The Morgan fingerprint density at radius 1 is 1.25 bits per heavy atom. The highest BCUT2D eigenvalue weighted by Crippen LogP contribution is 2.36. The van der Waals surface area contributed by atoms with Gasteiger partial charge in [-0.2, -0.15) is 0 Å². The first-order valence-corrected chi connectivity index (χ1v) is 5.73. The Kier molecular flexibility index (Phi) is 2.63. The van der Waals surface area contributed by atoms with Gasteiger partial charge in [-0.3, -0.25) is 0 Å². The fourth-order valence-electron chi connectivity index (χ4n) is 1.64. The molecule has 5 heteroatoms. The van der Waals surface area contributed by atoms with Crippen LogP contribution in [-0.4, -0.2) is 27.9 Å². The van der Waals surface area contributed by atoms with E-state index < -0.39 is 0 Å². The van der Waals surface area contributed by atoms with E-state index in [0.717, 1.165) is 12.1 Å². The van der Waals surface area contributed by atoms with Crippen LogP contribution in [0.1, 0.15) is 34.6 Å². The molecule has 0 N–H and O–H groups in total. The van der Waals surface area contributed by atoms with Crippen LogP contribution in [0.4, 0.5) is 0 Å². The summed E-state index contributed by atoms with van der Waals surface area (Å²) in [5, 5.41) is 0. The van der Waals surface area contributed by atoms with Crippen molar-refractivity contribution in [3.63, 3.8) is 0 Å². The normalized spacial score (nSPS) is 22.7. The molecule has 0 atom stereocenters. The van der Waals surface area contributed by atoms with E-state index in [0.29, 0.717) is 0 Å². The lowest BCUT2D eigenvalue weighted by Crippen LogP contribution is -2.41. The summed E-state index contributed by atoms with van der Waals surface area (Å²) in [4.78, 5) is 4.31. The Bertz CT molecular complexity index is 371. The molecule has 0 radical (unpaired) electrons. The highest BCUT2D eigenvalue weighted by Gasteiger charge is 2.52. The summed E-state index contributed by atoms with van der Waals surface area (Å²) in [5.74, 6) is 0. The second-order valence-corrected chi connectivity index (χ2v) is 5.22. The molecule has 1 aromatic heterocycles. The first kappa shape index (κ1) is 11.7. The molecule has 0 aromatic carbocycles. The molecule has 1 aliphatic heterocycles. The molecule has 2 heterocycles. The lowest BCUT2D eigenvalue weighted by Gasteiger charge is -2.32. The Morgan fingerprint density at radius 2 is 1.81 bits per heavy atom. The molecule has 1 fully saturated rings. The summed E-state index contributed by atoms with van der Waals surface area (Å²) in [6.07, 6.45) is 3.78. The Morgan fingerprint density at radius 3 is 2.25 bits per heavy atom. The van der Waals surface area contributed by atoms with Gasteiger partial charge in [-0.1, -0.05) is 0 Å². The second kappa shape index (κ2) is 3.60. The van der Waals surface area contributed by atoms with Crippen molar-refractivity contribution in [1.29, 1.82) is 0 Å². The van der Waals surface area contributed by atoms with Gasteiger partial charge >= 0.3 is 7.12 Å². The largest absolute Gasteiger partial charge is 0.516 e. The maximum absolute atomic E-state index is 5.91. The number of rotatable bonds is 2. The van der Waals surface area contributed by atoms with E-state index in [1.165, 1.54) is 0 Å². The standard InChI is InChI=1S/C11H19BN2O2/c1-6-14-7-9(13-8-14)12-15-10(2,3)11(4,5)16-12/h7-8H,6H2,1-5H3. The van der Waals surface area contributed by atoms with Gasteiger partial charge in [0.15, 0.2) is 0 Å². The Balaban J connectivity index is 2.20. The van der Waals surface area contributed by atoms with E-state index in [-0.39, 0.29) is 18.3 Å². The summed E-state index contributed by atoms with van der Waals surface area (Å²) in [6, 6.07) is 0. The SMILES string of the molecule is CCn1cnc(B2OC(C)(C)C(C)(C)O2)c1. The summed E-state index contributed by atoms with van der Waals surface area (Å²) < 4.78 is 13.8. The van der Waals surface area contributed by atoms with Gasteiger partial charge in [0.25, 0.3) is 0 Å². The molecule has 0 saturated carbocycles. The average molecular weight is 222 g/mol. The molecule has 0 bridgehead atoms. The van der Waals surface area contributed by atoms with Gasteiger partial charge in [0.1, 0.15) is 0 Å². The maximum Gasteiger partial charge on any atom is 0.516 e. The first-order valence-electron chi connectivity index (χ1n) is 5.73. The van der Waals surface area contributed by atoms with Crippen LogP contribution in [-0.2, 0) is 15.9 Å². The van der Waals surface area contributed by atoms with Gasteiger partial charge in [0.05, 0.1) is 23.1 Å². The van der Waals surface area contributed by atoms with Crippen LogP contribution in [0.5, 0.6) is 0 Å². The Hall–Kier alpha value is -0.805. The van der Waals surface area contributed by atoms with Crippen molar-refractivity contribution in [2.24, 2.45) is 0 Å². The topological polar surface area (TPSA) is 36.3 Å². The fraction of sp³-hybridized carbons (Fsp3) is 0.727. The van der Waals surface area contributed by atoms with Crippen molar-refractivity contribution in [2.45, 2.75) is 52.4 Å². The number of aryl methyl sites for hydroxylation is 1. The van der Waals surface area contributed by atoms with Gasteiger partial charge in [0, 0.05) is 12.7 Å². The molecule has 0 spiro atoms. The highest BCUT2D eigenvalue weighted by atomic mass is 16.7. The van der Waals surface area contributed by atoms with Crippen LogP contribution in [0.3, 0.4) is 0 Å². The number of hydrogen-bond acceptors (Lipinski definition) is 3. The van der Waals surface area contributed by atoms with Gasteiger partial charge in [-0.05, 0) is 34.6 Å². The minimum Gasteiger partial charge on any atom is -0.398 e. The monoisotopic (exact) mass is 222 g/mol. The van der Waals surface area contributed by atoms with Crippen LogP contribution in [0.25, 0.3) is 0 Å². The summed E-state index contributed by atoms with van der Waals surface area (Å²) >= 11 is 0. The molecule has 1 saturated heterocycles. The lowest BCUT2D eigenvalue weighted by molar-refractivity contribution is 0.00578. The molecule has 2 rings (SSSR count). The van der Waals surface area contributed by atoms with Gasteiger partial charge < -0.3 is 13.9 Å². The molecule has 88 valence electrons. The van der Waals surface area contributed by atoms with Crippen LogP contribution in [0.15, 0.2) is 12.5 Å². The molecule has 4 nitrogen and oxygen atoms in total. The average Bonchev–Trinajstić information content (AvgIpc) is 2.70. The zero-order chi connectivity index (χ0) is 12.0. The minimum absolute atomic E-state index is 0.298. The van der Waals surface area contributed by atoms with E-state index in [1.54, 1.807) is 6.33 Å². The van der Waals surface area contributed by atoms with Crippen LogP contribution in [0.2, 0.25) is 0 Å². The molecule has 1 aromatic rings. The van der Waals surface area contributed by atoms with E-state index in [2.05, 4.69) is 11.9 Å². The molecule has 16 heavy (non-hydrogen) atoms. The molecule has 0 amide bonds. The van der Waals surface area contributed by atoms with Crippen molar-refractivity contribution in [3.05, 3.63) is 12.5 Å². The maximum atomic E-state index is 5.91. The predicted octanol–water partition coefficient (Wildman–Crippen LogP) is 1.20. The zero-order valence-corrected chi connectivity index (χ0v) is 10.7. The van der Waals surface area contributed by atoms with E-state index in [9.17, 15) is 0 Å². The third-order valence-electron chi connectivity index (χ3n) is 3.51. The second-order valence-electron chi connectivity index (χ2n) is 5.22. The van der Waals surface area contributed by atoms with E-state index in [1.807, 2.05) is 38.5 Å². The summed E-state index contributed by atoms with van der Waals surface area (Å²) in [5.41, 5.74) is 0.252. The number of imidazole rings is 1. The quantitative estimate of drug-likeness (QED) is 0.705. The van der Waals surface area contributed by atoms with E-state index >= 15 is 0 Å². The predicted molar refractivity (Wildman–Crippen MR) is 63.6 cm³/mol. The lowest BCUT2D eigenvalue weighted by atomic mass is 9.86. The molecular weight excluding hydrogens is 203 g/mol. The highest BCUT2D eigenvalue weighted by molar-refractivity contribution is 6.61. The molecule has 1 aliphatic rings. The van der Waals surface area contributed by atoms with Crippen molar-refractivity contribution >= 4 is 12.7 Å². The number of hydrogen-bond donors (Lipinski definition) is 0. The van der Waals surface area contributed by atoms with Crippen LogP contribution < -0.4 is 5.59 Å². The molecular formula is C11H19BN2O2. The van der Waals surface area contributed by atoms with Crippen molar-refractivity contribution in [3.8, 4) is 0 Å². The van der Waals surface area contributed by atoms with Gasteiger partial charge in [-0.15, -0.1) is 0 Å². The number of aromatic nitrogens is 2. The summed E-state index contributed by atoms with van der Waals surface area (Å²) in [7, 11) is -0.349. The molecule has 0 unspecified atom stereocenters. The first-order chi connectivity index (χ1) is 7.36. The molecule has 0 aliphatic carbocycles. The third kappa shape index (κ3) is 1.78. The summed E-state index contributed by atoms with van der Waals surface area (Å²) in [6.45, 7) is 11.2. The zero-order valence-electron chi connectivity index (χ0n) is 10.7. The van der Waals surface area contributed by atoms with Gasteiger partial charge in [0.2, 0.25) is 0 Å². The Labute approximate surface area is 97.1 Å². The minimum atomic E-state index is -0.349. The van der Waals surface area contributed by atoms with Gasteiger partial charge in [-0.25, -0.2) is 4.98 Å². The van der Waals surface area contributed by atoms with Crippen LogP contribution >= 0.6 is 0 Å².